The number of nitrogens with two attached hydrogens (primary N) is 1. The Kier molecular flexibility index (Phi) is 5.15. The van der Waals surface area contributed by atoms with E-state index in [0.717, 1.165) is 38.7 Å². The Balaban J connectivity index is 1.38. The maximum atomic E-state index is 6.51. The minimum Gasteiger partial charge on any atom is -0.373 e. The van der Waals surface area contributed by atoms with Gasteiger partial charge >= 0.3 is 0 Å². The Bertz CT molecular complexity index is 741. The summed E-state index contributed by atoms with van der Waals surface area (Å²) < 4.78 is 6.18. The summed E-state index contributed by atoms with van der Waals surface area (Å²) in [4.78, 5) is 0. The second-order valence-electron chi connectivity index (χ2n) is 8.35. The zero-order valence-corrected chi connectivity index (χ0v) is 15.9. The molecule has 138 valence electrons. The molecule has 26 heavy (non-hydrogen) atoms. The molecule has 0 amide bonds. The standard InChI is InChI=1S/C24H31NO/c1-2-24(25)13-12-22(16-24)20-8-9-21-15-23(11-10-19(21)14-20)26-17-18-6-4-3-5-7-18/h3-9,14,22-23H,2,10-13,15-17,25H2,1H3/t22-,23+,24+/m0/s1. The van der Waals surface area contributed by atoms with Gasteiger partial charge in [-0.1, -0.05) is 55.5 Å². The summed E-state index contributed by atoms with van der Waals surface area (Å²) in [5, 5.41) is 0. The number of ether oxygens (including phenoxy) is 1. The van der Waals surface area contributed by atoms with Crippen molar-refractivity contribution in [3.05, 3.63) is 70.8 Å². The van der Waals surface area contributed by atoms with Gasteiger partial charge in [-0.2, -0.15) is 0 Å². The molecule has 2 heteroatoms. The summed E-state index contributed by atoms with van der Waals surface area (Å²) in [6.07, 6.45) is 8.30. The lowest BCUT2D eigenvalue weighted by Crippen LogP contribution is -2.35. The highest BCUT2D eigenvalue weighted by atomic mass is 16.5. The molecule has 0 unspecified atom stereocenters. The third-order valence-electron chi connectivity index (χ3n) is 6.56. The molecule has 0 aromatic heterocycles. The minimum atomic E-state index is 0.0664. The van der Waals surface area contributed by atoms with Gasteiger partial charge in [-0.15, -0.1) is 0 Å². The normalized spacial score (nSPS) is 28.1. The number of hydrogen-bond acceptors (Lipinski definition) is 2. The molecule has 1 fully saturated rings. The molecule has 2 aromatic rings. The first-order chi connectivity index (χ1) is 12.6. The van der Waals surface area contributed by atoms with Crippen molar-refractivity contribution in [2.24, 2.45) is 5.73 Å². The van der Waals surface area contributed by atoms with Crippen molar-refractivity contribution in [2.45, 2.75) is 76.0 Å². The molecule has 0 bridgehead atoms. The highest BCUT2D eigenvalue weighted by Crippen LogP contribution is 2.42. The molecule has 4 rings (SSSR count). The smallest absolute Gasteiger partial charge is 0.0720 e. The van der Waals surface area contributed by atoms with Crippen LogP contribution < -0.4 is 5.73 Å². The van der Waals surface area contributed by atoms with E-state index < -0.39 is 0 Å². The molecule has 0 spiro atoms. The highest BCUT2D eigenvalue weighted by Gasteiger charge is 2.35. The van der Waals surface area contributed by atoms with Gasteiger partial charge in [0.25, 0.3) is 0 Å². The summed E-state index contributed by atoms with van der Waals surface area (Å²) in [6.45, 7) is 2.95. The van der Waals surface area contributed by atoms with E-state index in [-0.39, 0.29) is 5.54 Å². The monoisotopic (exact) mass is 349 g/mol. The minimum absolute atomic E-state index is 0.0664. The zero-order valence-electron chi connectivity index (χ0n) is 15.9. The summed E-state index contributed by atoms with van der Waals surface area (Å²) >= 11 is 0. The Labute approximate surface area is 157 Å². The van der Waals surface area contributed by atoms with Gasteiger partial charge < -0.3 is 10.5 Å². The lowest BCUT2D eigenvalue weighted by Gasteiger charge is -2.26. The molecule has 2 aromatic carbocycles. The van der Waals surface area contributed by atoms with Crippen LogP contribution >= 0.6 is 0 Å². The van der Waals surface area contributed by atoms with Crippen LogP contribution in [0.15, 0.2) is 48.5 Å². The zero-order chi connectivity index (χ0) is 18.0. The van der Waals surface area contributed by atoms with Crippen LogP contribution in [0.25, 0.3) is 0 Å². The Morgan fingerprint density at radius 3 is 2.69 bits per heavy atom. The van der Waals surface area contributed by atoms with Crippen molar-refractivity contribution in [2.75, 3.05) is 0 Å². The lowest BCUT2D eigenvalue weighted by molar-refractivity contribution is 0.0319. The Hall–Kier alpha value is -1.64. The molecule has 0 aliphatic heterocycles. The predicted molar refractivity (Wildman–Crippen MR) is 107 cm³/mol. The maximum Gasteiger partial charge on any atom is 0.0720 e. The number of aryl methyl sites for hydroxylation is 1. The maximum absolute atomic E-state index is 6.51. The van der Waals surface area contributed by atoms with Crippen LogP contribution in [0, 0.1) is 0 Å². The number of hydrogen-bond donors (Lipinski definition) is 1. The molecule has 1 saturated carbocycles. The summed E-state index contributed by atoms with van der Waals surface area (Å²) in [6, 6.07) is 17.7. The first-order valence-corrected chi connectivity index (χ1v) is 10.2. The van der Waals surface area contributed by atoms with Crippen molar-refractivity contribution in [1.29, 1.82) is 0 Å². The quantitative estimate of drug-likeness (QED) is 0.811. The molecule has 2 aliphatic carbocycles. The topological polar surface area (TPSA) is 35.2 Å². The van der Waals surface area contributed by atoms with Gasteiger partial charge in [-0.25, -0.2) is 0 Å². The molecule has 0 radical (unpaired) electrons. The van der Waals surface area contributed by atoms with Crippen molar-refractivity contribution in [3.63, 3.8) is 0 Å². The van der Waals surface area contributed by atoms with Crippen LogP contribution in [-0.4, -0.2) is 11.6 Å². The van der Waals surface area contributed by atoms with Crippen molar-refractivity contribution in [1.82, 2.24) is 0 Å². The van der Waals surface area contributed by atoms with E-state index in [4.69, 9.17) is 10.5 Å². The molecule has 3 atom stereocenters. The van der Waals surface area contributed by atoms with Crippen molar-refractivity contribution < 1.29 is 4.74 Å². The van der Waals surface area contributed by atoms with Gasteiger partial charge in [0, 0.05) is 5.54 Å². The largest absolute Gasteiger partial charge is 0.373 e. The molecule has 2 nitrogen and oxygen atoms in total. The van der Waals surface area contributed by atoms with Crippen LogP contribution in [0.2, 0.25) is 0 Å². The second-order valence-corrected chi connectivity index (χ2v) is 8.35. The van der Waals surface area contributed by atoms with Gasteiger partial charge in [0.05, 0.1) is 12.7 Å². The highest BCUT2D eigenvalue weighted by molar-refractivity contribution is 5.37. The van der Waals surface area contributed by atoms with Gasteiger partial charge in [0.15, 0.2) is 0 Å². The van der Waals surface area contributed by atoms with Crippen LogP contribution in [-0.2, 0) is 24.2 Å². The first-order valence-electron chi connectivity index (χ1n) is 10.2. The fourth-order valence-corrected chi connectivity index (χ4v) is 4.69. The fourth-order valence-electron chi connectivity index (χ4n) is 4.69. The molecular formula is C24H31NO. The van der Waals surface area contributed by atoms with E-state index in [1.54, 1.807) is 0 Å². The summed E-state index contributed by atoms with van der Waals surface area (Å²) in [5.74, 6) is 0.650. The number of fused-ring (bicyclic) bond motifs is 1. The van der Waals surface area contributed by atoms with Gasteiger partial charge in [0.1, 0.15) is 0 Å². The van der Waals surface area contributed by atoms with E-state index in [9.17, 15) is 0 Å². The van der Waals surface area contributed by atoms with E-state index in [1.807, 2.05) is 0 Å². The average molecular weight is 350 g/mol. The van der Waals surface area contributed by atoms with Gasteiger partial charge in [-0.05, 0) is 73.1 Å². The predicted octanol–water partition coefficient (Wildman–Crippen LogP) is 5.14. The van der Waals surface area contributed by atoms with Crippen molar-refractivity contribution >= 4 is 0 Å². The Morgan fingerprint density at radius 1 is 1.08 bits per heavy atom. The first kappa shape index (κ1) is 17.8. The van der Waals surface area contributed by atoms with Gasteiger partial charge in [0.2, 0.25) is 0 Å². The lowest BCUT2D eigenvalue weighted by atomic mass is 9.85. The SMILES string of the molecule is CC[C@@]1(N)CC[C@H](c2ccc3c(c2)CC[C@@H](OCc2ccccc2)C3)C1. The Morgan fingerprint density at radius 2 is 1.92 bits per heavy atom. The van der Waals surface area contributed by atoms with E-state index >= 15 is 0 Å². The molecule has 0 heterocycles. The van der Waals surface area contributed by atoms with Crippen LogP contribution in [0.5, 0.6) is 0 Å². The van der Waals surface area contributed by atoms with Crippen molar-refractivity contribution in [3.8, 4) is 0 Å². The summed E-state index contributed by atoms with van der Waals surface area (Å²) in [5.41, 5.74) is 12.4. The molecule has 0 saturated heterocycles. The van der Waals surface area contributed by atoms with Crippen LogP contribution in [0.4, 0.5) is 0 Å². The second kappa shape index (κ2) is 7.54. The average Bonchev–Trinajstić information content (AvgIpc) is 3.09. The van der Waals surface area contributed by atoms with Crippen LogP contribution in [0.1, 0.15) is 67.2 Å². The summed E-state index contributed by atoms with van der Waals surface area (Å²) in [7, 11) is 0. The third-order valence-corrected chi connectivity index (χ3v) is 6.56. The van der Waals surface area contributed by atoms with Gasteiger partial charge in [-0.3, -0.25) is 0 Å². The molecular weight excluding hydrogens is 318 g/mol. The third kappa shape index (κ3) is 3.87. The number of rotatable bonds is 5. The van der Waals surface area contributed by atoms with Crippen LogP contribution in [0.3, 0.4) is 0 Å². The fraction of sp³-hybridized carbons (Fsp3) is 0.500. The molecule has 2 aliphatic rings. The number of benzene rings is 2. The molecule has 2 N–H and O–H groups in total. The van der Waals surface area contributed by atoms with E-state index in [0.29, 0.717) is 12.0 Å². The van der Waals surface area contributed by atoms with E-state index in [2.05, 4.69) is 55.5 Å². The van der Waals surface area contributed by atoms with E-state index in [1.165, 1.54) is 35.1 Å².